The van der Waals surface area contributed by atoms with Crippen LogP contribution in [0.2, 0.25) is 0 Å². The predicted octanol–water partition coefficient (Wildman–Crippen LogP) is 4.08. The van der Waals surface area contributed by atoms with E-state index in [0.29, 0.717) is 16.0 Å². The maximum absolute atomic E-state index is 13.2. The summed E-state index contributed by atoms with van der Waals surface area (Å²) < 4.78 is 1.97. The Kier molecular flexibility index (Phi) is 5.11. The van der Waals surface area contributed by atoms with Gasteiger partial charge in [-0.25, -0.2) is 0 Å². The Balaban J connectivity index is 1.48. The minimum Gasteiger partial charge on any atom is -0.365 e. The molecule has 0 radical (unpaired) electrons. The fourth-order valence-electron chi connectivity index (χ4n) is 5.10. The summed E-state index contributed by atoms with van der Waals surface area (Å²) in [5.74, 6) is -1.29. The van der Waals surface area contributed by atoms with E-state index in [0.717, 1.165) is 46.6 Å². The highest BCUT2D eigenvalue weighted by Crippen LogP contribution is 2.41. The van der Waals surface area contributed by atoms with Crippen molar-refractivity contribution in [2.24, 2.45) is 5.73 Å². The van der Waals surface area contributed by atoms with Crippen LogP contribution in [0.1, 0.15) is 58.7 Å². The largest absolute Gasteiger partial charge is 0.365 e. The summed E-state index contributed by atoms with van der Waals surface area (Å²) >= 11 is 1.43. The average molecular weight is 483 g/mol. The molecule has 2 aliphatic heterocycles. The van der Waals surface area contributed by atoms with Gasteiger partial charge in [-0.3, -0.25) is 24.0 Å². The molecular weight excluding hydrogens is 460 g/mol. The summed E-state index contributed by atoms with van der Waals surface area (Å²) in [6.45, 7) is 0.939. The van der Waals surface area contributed by atoms with Crippen LogP contribution in [0, 0.1) is 0 Å². The first-order chi connectivity index (χ1) is 17.0. The van der Waals surface area contributed by atoms with Gasteiger partial charge >= 0.3 is 0 Å². The molecule has 8 heteroatoms. The second kappa shape index (κ2) is 8.32. The molecule has 2 N–H and O–H groups in total. The summed E-state index contributed by atoms with van der Waals surface area (Å²) in [4.78, 5) is 41.3. The number of amides is 3. The number of hydrogen-bond donors (Lipinski definition) is 1. The van der Waals surface area contributed by atoms with Crippen LogP contribution in [0.4, 0.5) is 0 Å². The minimum atomic E-state index is -0.443. The van der Waals surface area contributed by atoms with E-state index in [2.05, 4.69) is 5.10 Å². The minimum absolute atomic E-state index is 0.192. The lowest BCUT2D eigenvalue weighted by Gasteiger charge is -2.24. The number of thiophene rings is 1. The van der Waals surface area contributed by atoms with Gasteiger partial charge in [0.05, 0.1) is 27.9 Å². The highest BCUT2D eigenvalue weighted by molar-refractivity contribution is 7.14. The van der Waals surface area contributed by atoms with Gasteiger partial charge in [0.2, 0.25) is 0 Å². The average Bonchev–Trinajstić information content (AvgIpc) is 3.51. The second-order valence-electron chi connectivity index (χ2n) is 8.82. The molecular formula is C27H22N4O3S. The standard InChI is InChI=1S/C27H22N4O3S/c28-25(32)23-13-19-22(35-23)11-6-12-31-24(19)20(14-29-31)21(16-7-2-1-3-8-16)15-30-26(33)17-9-4-5-10-18(17)27(30)34/h1-5,7-10,13-14,21H,6,11-12,15H2,(H2,28,32)/t21-/m0/s1. The van der Waals surface area contributed by atoms with Crippen LogP contribution in [0.3, 0.4) is 0 Å². The number of imide groups is 1. The van der Waals surface area contributed by atoms with Gasteiger partial charge in [0.25, 0.3) is 17.7 Å². The molecule has 174 valence electrons. The van der Waals surface area contributed by atoms with Crippen molar-refractivity contribution in [1.82, 2.24) is 14.7 Å². The van der Waals surface area contributed by atoms with E-state index < -0.39 is 5.91 Å². The van der Waals surface area contributed by atoms with Gasteiger partial charge in [-0.1, -0.05) is 42.5 Å². The maximum atomic E-state index is 13.2. The van der Waals surface area contributed by atoms with Crippen LogP contribution < -0.4 is 5.73 Å². The smallest absolute Gasteiger partial charge is 0.261 e. The molecule has 2 aliphatic rings. The van der Waals surface area contributed by atoms with E-state index >= 15 is 0 Å². The zero-order chi connectivity index (χ0) is 24.1. The highest BCUT2D eigenvalue weighted by Gasteiger charge is 2.38. The summed E-state index contributed by atoms with van der Waals surface area (Å²) in [6, 6.07) is 18.7. The molecule has 4 heterocycles. The summed E-state index contributed by atoms with van der Waals surface area (Å²) in [5, 5.41) is 4.68. The molecule has 7 nitrogen and oxygen atoms in total. The third kappa shape index (κ3) is 3.49. The number of fused-ring (bicyclic) bond motifs is 4. The highest BCUT2D eigenvalue weighted by atomic mass is 32.1. The maximum Gasteiger partial charge on any atom is 0.261 e. The molecule has 4 aromatic rings. The third-order valence-corrected chi connectivity index (χ3v) is 7.98. The Labute approximate surface area is 205 Å². The summed E-state index contributed by atoms with van der Waals surface area (Å²) in [7, 11) is 0. The van der Waals surface area contributed by atoms with E-state index in [1.807, 2.05) is 47.3 Å². The number of benzene rings is 2. The van der Waals surface area contributed by atoms with E-state index in [9.17, 15) is 14.4 Å². The van der Waals surface area contributed by atoms with Gasteiger partial charge in [0.15, 0.2) is 0 Å². The molecule has 2 aromatic heterocycles. The molecule has 0 saturated heterocycles. The van der Waals surface area contributed by atoms with Gasteiger partial charge in [0.1, 0.15) is 0 Å². The first-order valence-electron chi connectivity index (χ1n) is 11.5. The van der Waals surface area contributed by atoms with Gasteiger partial charge in [0, 0.05) is 35.0 Å². The van der Waals surface area contributed by atoms with Crippen molar-refractivity contribution in [2.45, 2.75) is 25.3 Å². The number of carbonyl (C=O) groups is 3. The van der Waals surface area contributed by atoms with Gasteiger partial charge in [-0.15, -0.1) is 11.3 Å². The topological polar surface area (TPSA) is 98.3 Å². The lowest BCUT2D eigenvalue weighted by Crippen LogP contribution is -2.34. The van der Waals surface area contributed by atoms with Crippen molar-refractivity contribution >= 4 is 29.1 Å². The Morgan fingerprint density at radius 1 is 1.00 bits per heavy atom. The number of nitrogens with two attached hydrogens (primary N) is 1. The van der Waals surface area contributed by atoms with E-state index in [1.54, 1.807) is 24.3 Å². The molecule has 0 fully saturated rings. The monoisotopic (exact) mass is 482 g/mol. The van der Waals surface area contributed by atoms with Crippen molar-refractivity contribution in [3.8, 4) is 11.3 Å². The van der Waals surface area contributed by atoms with Crippen molar-refractivity contribution in [1.29, 1.82) is 0 Å². The molecule has 0 saturated carbocycles. The van der Waals surface area contributed by atoms with E-state index in [1.165, 1.54) is 16.2 Å². The number of aryl methyl sites for hydroxylation is 2. The Bertz CT molecular complexity index is 1450. The summed E-state index contributed by atoms with van der Waals surface area (Å²) in [5.41, 5.74) is 10.2. The first kappa shape index (κ1) is 21.5. The lowest BCUT2D eigenvalue weighted by molar-refractivity contribution is 0.0649. The number of aromatic nitrogens is 2. The quantitative estimate of drug-likeness (QED) is 0.433. The molecule has 0 spiro atoms. The van der Waals surface area contributed by atoms with E-state index in [4.69, 9.17) is 5.73 Å². The Morgan fingerprint density at radius 2 is 1.69 bits per heavy atom. The van der Waals surface area contributed by atoms with Crippen LogP contribution in [-0.4, -0.2) is 38.9 Å². The van der Waals surface area contributed by atoms with Crippen LogP contribution in [0.5, 0.6) is 0 Å². The van der Waals surface area contributed by atoms with Gasteiger partial charge in [-0.05, 0) is 36.6 Å². The number of carbonyl (C=O) groups excluding carboxylic acids is 3. The van der Waals surface area contributed by atoms with Gasteiger partial charge < -0.3 is 5.73 Å². The lowest BCUT2D eigenvalue weighted by atomic mass is 9.89. The molecule has 1 atom stereocenters. The van der Waals surface area contributed by atoms with Crippen molar-refractivity contribution in [2.75, 3.05) is 6.54 Å². The number of hydrogen-bond acceptors (Lipinski definition) is 5. The fraction of sp³-hybridized carbons (Fsp3) is 0.185. The Morgan fingerprint density at radius 3 is 2.37 bits per heavy atom. The van der Waals surface area contributed by atoms with Crippen molar-refractivity contribution < 1.29 is 14.4 Å². The van der Waals surface area contributed by atoms with Crippen LogP contribution >= 0.6 is 11.3 Å². The first-order valence-corrected chi connectivity index (χ1v) is 12.3. The second-order valence-corrected chi connectivity index (χ2v) is 9.95. The predicted molar refractivity (Wildman–Crippen MR) is 132 cm³/mol. The molecule has 2 aromatic carbocycles. The molecule has 0 bridgehead atoms. The van der Waals surface area contributed by atoms with E-state index in [-0.39, 0.29) is 24.3 Å². The third-order valence-electron chi connectivity index (χ3n) is 6.77. The number of primary amides is 1. The molecule has 3 amide bonds. The molecule has 0 aliphatic carbocycles. The van der Waals surface area contributed by atoms with Crippen molar-refractivity contribution in [3.05, 3.63) is 98.9 Å². The normalized spacial score (nSPS) is 15.4. The fourth-order valence-corrected chi connectivity index (χ4v) is 6.16. The van der Waals surface area contributed by atoms with Crippen LogP contribution in [0.15, 0.2) is 66.9 Å². The Hall–Kier alpha value is -4.04. The van der Waals surface area contributed by atoms with Gasteiger partial charge in [-0.2, -0.15) is 5.10 Å². The number of nitrogens with zero attached hydrogens (tertiary/aromatic N) is 3. The number of rotatable bonds is 5. The van der Waals surface area contributed by atoms with Crippen molar-refractivity contribution in [3.63, 3.8) is 0 Å². The zero-order valence-electron chi connectivity index (χ0n) is 18.8. The molecule has 0 unspecified atom stereocenters. The zero-order valence-corrected chi connectivity index (χ0v) is 19.6. The SMILES string of the molecule is NC(=O)c1cc2c(s1)CCCn1ncc([C@@H](CN3C(=O)c4ccccc4C3=O)c3ccccc3)c1-2. The molecule has 6 rings (SSSR count). The summed E-state index contributed by atoms with van der Waals surface area (Å²) in [6.07, 6.45) is 3.57. The van der Waals surface area contributed by atoms with Crippen LogP contribution in [-0.2, 0) is 13.0 Å². The molecule has 35 heavy (non-hydrogen) atoms. The van der Waals surface area contributed by atoms with Crippen LogP contribution in [0.25, 0.3) is 11.3 Å².